The number of hydrogen-bond donors (Lipinski definition) is 5. The van der Waals surface area contributed by atoms with E-state index < -0.39 is 5.97 Å². The van der Waals surface area contributed by atoms with Crippen LogP contribution < -0.4 is 0 Å². The molecule has 0 radical (unpaired) electrons. The summed E-state index contributed by atoms with van der Waals surface area (Å²) in [6, 6.07) is 0. The fourth-order valence-electron chi connectivity index (χ4n) is 26.8. The molecule has 0 saturated heterocycles. The van der Waals surface area contributed by atoms with E-state index in [0.29, 0.717) is 153 Å². The lowest BCUT2D eigenvalue weighted by Gasteiger charge is -2.63. The first-order valence-corrected chi connectivity index (χ1v) is 36.8. The number of ether oxygens (including phenoxy) is 4. The number of aliphatic carboxylic acids is 1. The standard InChI is InChI=1S/C26H44O4.2C25H42O4.2CH4/c1-16(6-9-23(28)30-5)19-7-8-20-24-21(11-13-26(19,20)3)25(2)12-10-18(27)14-17(25)15-22(24)29-4;1-15(5-8-22(27)28)18-6-7-19-23-20(10-12-25(18,19)3)24(2)11-9-17(26)13-16(24)14-21(23)29-4;1-15(5-8-22(28)29-4)18-6-7-19-23-20(10-12-25(18,19)3)24(2)11-9-17(26)13-16(24)14-21(23)27;;/h16-22,24,27H,6-15H2,1-5H3;15-21,23,26H,5-14H2,1-4H3,(H,27,28);15-21,23,26-27H,5-14H2,1-4H3;2*1H4/t16?,17-,18+,19+,20-,21?,22?,24-,25?,26?;2*15?,16-,17+,18+,19-,20?,21?,23-,24?,25?;;/m000../s1. The largest absolute Gasteiger partial charge is 0.481 e. The second kappa shape index (κ2) is 29.1. The highest BCUT2D eigenvalue weighted by Crippen LogP contribution is 2.72. The molecule has 12 rings (SSSR count). The van der Waals surface area contributed by atoms with Crippen molar-refractivity contribution in [3.05, 3.63) is 0 Å². The summed E-state index contributed by atoms with van der Waals surface area (Å²) in [6.07, 6.45) is 31.6. The summed E-state index contributed by atoms with van der Waals surface area (Å²) in [5.74, 6) is 10.2. The number of carboxylic acid groups (broad SMARTS) is 1. The van der Waals surface area contributed by atoms with Gasteiger partial charge in [-0.05, 0) is 312 Å². The van der Waals surface area contributed by atoms with E-state index in [-0.39, 0.29) is 56.6 Å². The van der Waals surface area contributed by atoms with Gasteiger partial charge >= 0.3 is 17.9 Å². The SMILES string of the molecule is C.C.COC(=O)CCC(C)[C@H]1CC[C@H]2[C@@H]3C(O)C[C@@H]4C[C@H](O)CCC4(C)C3CCC12C.COC(=O)CCC(C)[C@H]1CC[C@H]2[C@@H]3C(OC)C[C@@H]4C[C@H](O)CCC4(C)C3CCC12C.COC1C[C@@H]2C[C@H](O)CCC2(C)C2CCC3(C)[C@@H](C(C)CCC(=O)O)CC[C@H]3[C@H]12. The molecule has 0 heterocycles. The van der Waals surface area contributed by atoms with Crippen LogP contribution >= 0.6 is 0 Å². The van der Waals surface area contributed by atoms with E-state index >= 15 is 0 Å². The van der Waals surface area contributed by atoms with Crippen molar-refractivity contribution in [2.75, 3.05) is 28.4 Å². The summed E-state index contributed by atoms with van der Waals surface area (Å²) < 4.78 is 22.1. The van der Waals surface area contributed by atoms with Gasteiger partial charge in [-0.2, -0.15) is 0 Å². The van der Waals surface area contributed by atoms with Crippen LogP contribution in [0.3, 0.4) is 0 Å². The van der Waals surface area contributed by atoms with Gasteiger partial charge in [-0.15, -0.1) is 0 Å². The van der Waals surface area contributed by atoms with E-state index in [1.165, 1.54) is 97.7 Å². The molecular formula is C78H136O12. The van der Waals surface area contributed by atoms with Crippen LogP contribution in [-0.4, -0.2) is 109 Å². The molecule has 0 amide bonds. The van der Waals surface area contributed by atoms with Crippen molar-refractivity contribution in [3.63, 3.8) is 0 Å². The predicted molar refractivity (Wildman–Crippen MR) is 358 cm³/mol. The van der Waals surface area contributed by atoms with Crippen LogP contribution in [0.15, 0.2) is 0 Å². The van der Waals surface area contributed by atoms with Gasteiger partial charge in [-0.25, -0.2) is 0 Å². The number of esters is 2. The molecule has 12 fully saturated rings. The van der Waals surface area contributed by atoms with E-state index in [4.69, 9.17) is 24.1 Å². The van der Waals surface area contributed by atoms with Crippen molar-refractivity contribution >= 4 is 17.9 Å². The van der Waals surface area contributed by atoms with Crippen molar-refractivity contribution in [1.82, 2.24) is 0 Å². The van der Waals surface area contributed by atoms with Gasteiger partial charge in [0, 0.05) is 33.5 Å². The minimum atomic E-state index is -0.662. The van der Waals surface area contributed by atoms with Gasteiger partial charge in [0.25, 0.3) is 0 Å². The molecule has 12 aliphatic carbocycles. The fraction of sp³-hybridized carbons (Fsp3) is 0.962. The number of methoxy groups -OCH3 is 4. The third-order valence-electron chi connectivity index (χ3n) is 31.7. The summed E-state index contributed by atoms with van der Waals surface area (Å²) in [5.41, 5.74) is 1.99. The molecule has 0 aliphatic heterocycles. The number of aliphatic hydroxyl groups is 4. The minimum Gasteiger partial charge on any atom is -0.481 e. The lowest BCUT2D eigenvalue weighted by Crippen LogP contribution is -2.59. The van der Waals surface area contributed by atoms with Gasteiger partial charge in [0.2, 0.25) is 0 Å². The Morgan fingerprint density at radius 1 is 0.389 bits per heavy atom. The molecule has 30 atom stereocenters. The minimum absolute atomic E-state index is 0. The Hall–Kier alpha value is -1.83. The number of aliphatic hydroxyl groups excluding tert-OH is 4. The highest BCUT2D eigenvalue weighted by molar-refractivity contribution is 5.69. The Morgan fingerprint density at radius 3 is 1.00 bits per heavy atom. The average molecular weight is 1270 g/mol. The number of carbonyl (C=O) groups excluding carboxylic acids is 2. The van der Waals surface area contributed by atoms with E-state index in [0.717, 1.165) is 102 Å². The van der Waals surface area contributed by atoms with Crippen LogP contribution in [-0.2, 0) is 33.3 Å². The van der Waals surface area contributed by atoms with E-state index in [2.05, 4.69) is 62.3 Å². The normalized spacial score (nSPS) is 48.7. The maximum atomic E-state index is 11.7. The fourth-order valence-corrected chi connectivity index (χ4v) is 26.8. The molecule has 0 aromatic heterocycles. The van der Waals surface area contributed by atoms with Crippen molar-refractivity contribution in [2.45, 2.75) is 306 Å². The van der Waals surface area contributed by atoms with Crippen LogP contribution in [0.4, 0.5) is 0 Å². The Labute approximate surface area is 548 Å². The zero-order chi connectivity index (χ0) is 63.6. The van der Waals surface area contributed by atoms with Crippen LogP contribution in [0, 0.1) is 139 Å². The van der Waals surface area contributed by atoms with Crippen molar-refractivity contribution in [3.8, 4) is 0 Å². The zero-order valence-electron chi connectivity index (χ0n) is 57.7. The monoisotopic (exact) mass is 1270 g/mol. The molecule has 12 aliphatic rings. The highest BCUT2D eigenvalue weighted by atomic mass is 16.5. The van der Waals surface area contributed by atoms with Crippen LogP contribution in [0.2, 0.25) is 0 Å². The Balaban J connectivity index is 0.000000172. The summed E-state index contributed by atoms with van der Waals surface area (Å²) in [7, 11) is 6.79. The zero-order valence-corrected chi connectivity index (χ0v) is 57.7. The van der Waals surface area contributed by atoms with Gasteiger partial charge in [0.05, 0.1) is 50.8 Å². The number of carbonyl (C=O) groups is 3. The Morgan fingerprint density at radius 2 is 0.678 bits per heavy atom. The number of hydrogen-bond acceptors (Lipinski definition) is 11. The maximum absolute atomic E-state index is 11.7. The predicted octanol–water partition coefficient (Wildman–Crippen LogP) is 16.2. The molecule has 0 spiro atoms. The topological polar surface area (TPSA) is 189 Å². The van der Waals surface area contributed by atoms with Gasteiger partial charge in [0.1, 0.15) is 0 Å². The van der Waals surface area contributed by atoms with Crippen LogP contribution in [0.1, 0.15) is 270 Å². The number of carboxylic acids is 1. The molecule has 0 bridgehead atoms. The second-order valence-corrected chi connectivity index (χ2v) is 34.9. The summed E-state index contributed by atoms with van der Waals surface area (Å²) in [4.78, 5) is 34.5. The molecule has 0 aromatic carbocycles. The summed E-state index contributed by atoms with van der Waals surface area (Å²) >= 11 is 0. The van der Waals surface area contributed by atoms with Crippen LogP contribution in [0.25, 0.3) is 0 Å². The van der Waals surface area contributed by atoms with Crippen molar-refractivity contribution < 1.29 is 58.9 Å². The van der Waals surface area contributed by atoms with E-state index in [1.807, 2.05) is 14.2 Å². The first-order chi connectivity index (χ1) is 41.6. The first kappa shape index (κ1) is 74.0. The maximum Gasteiger partial charge on any atom is 0.305 e. The van der Waals surface area contributed by atoms with Crippen molar-refractivity contribution in [1.29, 1.82) is 0 Å². The smallest absolute Gasteiger partial charge is 0.305 e. The Bertz CT molecular complexity index is 2380. The summed E-state index contributed by atoms with van der Waals surface area (Å²) in [6.45, 7) is 22.1. The Kier molecular flexibility index (Phi) is 23.9. The van der Waals surface area contributed by atoms with Gasteiger partial charge in [-0.1, -0.05) is 77.2 Å². The molecule has 0 aromatic rings. The molecule has 12 saturated carbocycles. The summed E-state index contributed by atoms with van der Waals surface area (Å²) in [5, 5.41) is 51.3. The molecule has 15 unspecified atom stereocenters. The molecule has 520 valence electrons. The molecule has 5 N–H and O–H groups in total. The molecule has 90 heavy (non-hydrogen) atoms. The molecule has 12 nitrogen and oxygen atoms in total. The second-order valence-electron chi connectivity index (χ2n) is 34.9. The average Bonchev–Trinajstić information content (AvgIpc) is 1.30. The van der Waals surface area contributed by atoms with Crippen LogP contribution in [0.5, 0.6) is 0 Å². The van der Waals surface area contributed by atoms with Crippen molar-refractivity contribution in [2.24, 2.45) is 139 Å². The molecule has 12 heteroatoms. The first-order valence-electron chi connectivity index (χ1n) is 36.8. The van der Waals surface area contributed by atoms with Gasteiger partial charge in [-0.3, -0.25) is 14.4 Å². The van der Waals surface area contributed by atoms with Gasteiger partial charge in [0.15, 0.2) is 0 Å². The third kappa shape index (κ3) is 13.4. The molecular weight excluding hydrogens is 1130 g/mol. The van der Waals surface area contributed by atoms with Gasteiger partial charge < -0.3 is 44.5 Å². The van der Waals surface area contributed by atoms with E-state index in [9.17, 15) is 34.8 Å². The lowest BCUT2D eigenvalue weighted by atomic mass is 9.43. The number of fused-ring (bicyclic) bond motifs is 15. The lowest BCUT2D eigenvalue weighted by molar-refractivity contribution is -0.181. The number of rotatable bonds is 14. The highest BCUT2D eigenvalue weighted by Gasteiger charge is 2.67. The van der Waals surface area contributed by atoms with E-state index in [1.54, 1.807) is 0 Å². The third-order valence-corrected chi connectivity index (χ3v) is 31.7. The quantitative estimate of drug-likeness (QED) is 0.104.